The summed E-state index contributed by atoms with van der Waals surface area (Å²) >= 11 is 0. The van der Waals surface area contributed by atoms with Crippen molar-refractivity contribution >= 4 is 5.91 Å². The van der Waals surface area contributed by atoms with Crippen LogP contribution in [0.3, 0.4) is 0 Å². The molecule has 0 aliphatic rings. The first-order valence-corrected chi connectivity index (χ1v) is 4.88. The van der Waals surface area contributed by atoms with Crippen molar-refractivity contribution in [2.45, 2.75) is 19.4 Å². The molecule has 0 spiro atoms. The number of carbonyl (C=O) groups excluding carboxylic acids is 1. The van der Waals surface area contributed by atoms with Crippen molar-refractivity contribution in [2.24, 2.45) is 5.73 Å². The zero-order valence-corrected chi connectivity index (χ0v) is 8.66. The van der Waals surface area contributed by atoms with Crippen LogP contribution < -0.4 is 11.1 Å². The summed E-state index contributed by atoms with van der Waals surface area (Å²) in [5.74, 6) is -0.367. The highest BCUT2D eigenvalue weighted by molar-refractivity contribution is 5.76. The van der Waals surface area contributed by atoms with E-state index < -0.39 is 0 Å². The molecular weight excluding hydrogens is 195 g/mol. The molecule has 0 radical (unpaired) electrons. The second-order valence-electron chi connectivity index (χ2n) is 3.38. The van der Waals surface area contributed by atoms with E-state index in [2.05, 4.69) is 5.32 Å². The van der Waals surface area contributed by atoms with Gasteiger partial charge in [0.05, 0.1) is 6.04 Å². The first-order chi connectivity index (χ1) is 7.13. The number of nitrogens with one attached hydrogen (secondary N) is 1. The maximum atomic E-state index is 12.6. The Hall–Kier alpha value is -1.42. The first-order valence-electron chi connectivity index (χ1n) is 4.88. The number of hydrogen-bond acceptors (Lipinski definition) is 2. The normalized spacial score (nSPS) is 12.2. The zero-order chi connectivity index (χ0) is 11.3. The summed E-state index contributed by atoms with van der Waals surface area (Å²) in [5.41, 5.74) is 6.13. The highest BCUT2D eigenvalue weighted by atomic mass is 19.1. The van der Waals surface area contributed by atoms with E-state index in [1.54, 1.807) is 12.1 Å². The summed E-state index contributed by atoms with van der Waals surface area (Å²) in [6, 6.07) is 5.94. The van der Waals surface area contributed by atoms with Crippen LogP contribution in [0.15, 0.2) is 24.3 Å². The van der Waals surface area contributed by atoms with Gasteiger partial charge in [-0.2, -0.15) is 0 Å². The molecule has 82 valence electrons. The van der Waals surface area contributed by atoms with Crippen molar-refractivity contribution in [2.75, 3.05) is 6.54 Å². The summed E-state index contributed by atoms with van der Waals surface area (Å²) in [6.07, 6.45) is 0.311. The molecule has 0 unspecified atom stereocenters. The van der Waals surface area contributed by atoms with Crippen molar-refractivity contribution in [1.82, 2.24) is 5.32 Å². The van der Waals surface area contributed by atoms with E-state index in [4.69, 9.17) is 5.73 Å². The number of nitrogens with two attached hydrogens (primary N) is 1. The van der Waals surface area contributed by atoms with E-state index in [9.17, 15) is 9.18 Å². The smallest absolute Gasteiger partial charge is 0.221 e. The number of hydrogen-bond donors (Lipinski definition) is 2. The summed E-state index contributed by atoms with van der Waals surface area (Å²) in [7, 11) is 0. The minimum Gasteiger partial charge on any atom is -0.350 e. The molecule has 1 rings (SSSR count). The number of rotatable bonds is 4. The van der Waals surface area contributed by atoms with Crippen LogP contribution in [0.2, 0.25) is 0 Å². The average Bonchev–Trinajstić information content (AvgIpc) is 2.18. The SMILES string of the molecule is C[C@@H](NC(=O)CCN)c1ccc(F)cc1. The van der Waals surface area contributed by atoms with Gasteiger partial charge in [0.2, 0.25) is 5.91 Å². The van der Waals surface area contributed by atoms with Gasteiger partial charge in [-0.15, -0.1) is 0 Å². The minimum absolute atomic E-state index is 0.0886. The van der Waals surface area contributed by atoms with Crippen molar-refractivity contribution < 1.29 is 9.18 Å². The lowest BCUT2D eigenvalue weighted by molar-refractivity contribution is -0.121. The van der Waals surface area contributed by atoms with E-state index in [0.29, 0.717) is 13.0 Å². The first kappa shape index (κ1) is 11.7. The summed E-state index contributed by atoms with van der Waals surface area (Å²) in [6.45, 7) is 2.18. The van der Waals surface area contributed by atoms with Crippen LogP contribution in [-0.2, 0) is 4.79 Å². The predicted molar refractivity (Wildman–Crippen MR) is 56.6 cm³/mol. The lowest BCUT2D eigenvalue weighted by Gasteiger charge is -2.13. The molecule has 3 N–H and O–H groups in total. The molecule has 15 heavy (non-hydrogen) atoms. The lowest BCUT2D eigenvalue weighted by Crippen LogP contribution is -2.28. The molecule has 0 heterocycles. The fraction of sp³-hybridized carbons (Fsp3) is 0.364. The van der Waals surface area contributed by atoms with Crippen molar-refractivity contribution in [1.29, 1.82) is 0 Å². The highest BCUT2D eigenvalue weighted by Crippen LogP contribution is 2.12. The van der Waals surface area contributed by atoms with Crippen molar-refractivity contribution in [3.63, 3.8) is 0 Å². The summed E-state index contributed by atoms with van der Waals surface area (Å²) < 4.78 is 12.6. The van der Waals surface area contributed by atoms with E-state index in [0.717, 1.165) is 5.56 Å². The van der Waals surface area contributed by atoms with Gasteiger partial charge < -0.3 is 11.1 Å². The maximum absolute atomic E-state index is 12.6. The van der Waals surface area contributed by atoms with Gasteiger partial charge in [-0.25, -0.2) is 4.39 Å². The van der Waals surface area contributed by atoms with Crippen LogP contribution in [0.25, 0.3) is 0 Å². The molecule has 0 saturated carbocycles. The fourth-order valence-corrected chi connectivity index (χ4v) is 1.28. The number of benzene rings is 1. The third-order valence-electron chi connectivity index (χ3n) is 2.12. The molecule has 0 saturated heterocycles. The molecule has 1 aromatic carbocycles. The number of amides is 1. The van der Waals surface area contributed by atoms with Crippen molar-refractivity contribution in [3.8, 4) is 0 Å². The topological polar surface area (TPSA) is 55.1 Å². The van der Waals surface area contributed by atoms with Crippen LogP contribution in [0.1, 0.15) is 24.9 Å². The third-order valence-corrected chi connectivity index (χ3v) is 2.12. The molecule has 3 nitrogen and oxygen atoms in total. The van der Waals surface area contributed by atoms with Crippen LogP contribution in [0, 0.1) is 5.82 Å². The fourth-order valence-electron chi connectivity index (χ4n) is 1.28. The van der Waals surface area contributed by atoms with E-state index in [-0.39, 0.29) is 17.8 Å². The largest absolute Gasteiger partial charge is 0.350 e. The van der Waals surface area contributed by atoms with Gasteiger partial charge in [0.15, 0.2) is 0 Å². The highest BCUT2D eigenvalue weighted by Gasteiger charge is 2.08. The standard InChI is InChI=1S/C11H15FN2O/c1-8(14-11(15)6-7-13)9-2-4-10(12)5-3-9/h2-5,8H,6-7,13H2,1H3,(H,14,15)/t8-/m1/s1. The van der Waals surface area contributed by atoms with Crippen LogP contribution in [-0.4, -0.2) is 12.5 Å². The molecule has 0 fully saturated rings. The van der Waals surface area contributed by atoms with Gasteiger partial charge in [0.1, 0.15) is 5.82 Å². The van der Waals surface area contributed by atoms with Crippen LogP contribution in [0.4, 0.5) is 4.39 Å². The van der Waals surface area contributed by atoms with Gasteiger partial charge in [-0.1, -0.05) is 12.1 Å². The van der Waals surface area contributed by atoms with Gasteiger partial charge in [-0.3, -0.25) is 4.79 Å². The quantitative estimate of drug-likeness (QED) is 0.788. The maximum Gasteiger partial charge on any atom is 0.221 e. The Morgan fingerprint density at radius 3 is 2.60 bits per heavy atom. The molecule has 0 aromatic heterocycles. The molecule has 0 aliphatic carbocycles. The molecule has 0 bridgehead atoms. The molecule has 0 aliphatic heterocycles. The Morgan fingerprint density at radius 1 is 1.47 bits per heavy atom. The molecule has 4 heteroatoms. The summed E-state index contributed by atoms with van der Waals surface area (Å²) in [5, 5.41) is 2.78. The Balaban J connectivity index is 2.57. The van der Waals surface area contributed by atoms with Crippen LogP contribution in [0.5, 0.6) is 0 Å². The Bertz CT molecular complexity index is 324. The minimum atomic E-state index is -0.278. The second-order valence-corrected chi connectivity index (χ2v) is 3.38. The average molecular weight is 210 g/mol. The third kappa shape index (κ3) is 3.67. The van der Waals surface area contributed by atoms with E-state index in [1.165, 1.54) is 12.1 Å². The van der Waals surface area contributed by atoms with Crippen LogP contribution >= 0.6 is 0 Å². The van der Waals surface area contributed by atoms with E-state index in [1.807, 2.05) is 6.92 Å². The number of carbonyl (C=O) groups is 1. The Labute approximate surface area is 88.5 Å². The van der Waals surface area contributed by atoms with E-state index >= 15 is 0 Å². The summed E-state index contributed by atoms with van der Waals surface area (Å²) in [4.78, 5) is 11.2. The second kappa shape index (κ2) is 5.46. The molecule has 1 aromatic rings. The van der Waals surface area contributed by atoms with Gasteiger partial charge >= 0.3 is 0 Å². The molecule has 1 atom stereocenters. The van der Waals surface area contributed by atoms with Gasteiger partial charge in [-0.05, 0) is 24.6 Å². The monoisotopic (exact) mass is 210 g/mol. The molecule has 1 amide bonds. The van der Waals surface area contributed by atoms with Gasteiger partial charge in [0, 0.05) is 13.0 Å². The zero-order valence-electron chi connectivity index (χ0n) is 8.66. The lowest BCUT2D eigenvalue weighted by atomic mass is 10.1. The molecular formula is C11H15FN2O. The Morgan fingerprint density at radius 2 is 2.07 bits per heavy atom. The predicted octanol–water partition coefficient (Wildman–Crippen LogP) is 1.35. The number of halogens is 1. The Kier molecular flexibility index (Phi) is 4.24. The van der Waals surface area contributed by atoms with Crippen molar-refractivity contribution in [3.05, 3.63) is 35.6 Å². The van der Waals surface area contributed by atoms with Gasteiger partial charge in [0.25, 0.3) is 0 Å².